The van der Waals surface area contributed by atoms with Crippen molar-refractivity contribution in [1.82, 2.24) is 4.90 Å². The zero-order valence-electron chi connectivity index (χ0n) is 23.4. The van der Waals surface area contributed by atoms with Gasteiger partial charge in [0.05, 0.1) is 4.90 Å². The molecule has 1 unspecified atom stereocenters. The molecule has 0 saturated heterocycles. The van der Waals surface area contributed by atoms with Crippen LogP contribution in [-0.2, 0) is 31.7 Å². The van der Waals surface area contributed by atoms with Crippen LogP contribution in [-0.4, -0.2) is 50.0 Å². The summed E-state index contributed by atoms with van der Waals surface area (Å²) in [5.41, 5.74) is 1.54. The molecule has 214 valence electrons. The first-order valence-electron chi connectivity index (χ1n) is 13.0. The Balaban J connectivity index is 0.000000316. The minimum absolute atomic E-state index is 0. The van der Waals surface area contributed by atoms with E-state index < -0.39 is 15.7 Å². The molecule has 0 bridgehead atoms. The minimum atomic E-state index is -4.09. The van der Waals surface area contributed by atoms with Crippen molar-refractivity contribution in [3.63, 3.8) is 0 Å². The van der Waals surface area contributed by atoms with Crippen molar-refractivity contribution in [2.75, 3.05) is 20.6 Å². The second-order valence-electron chi connectivity index (χ2n) is 9.89. The second-order valence-corrected chi connectivity index (χ2v) is 11.3. The predicted molar refractivity (Wildman–Crippen MR) is 160 cm³/mol. The van der Waals surface area contributed by atoms with E-state index in [9.17, 15) is 13.2 Å². The fourth-order valence-corrected chi connectivity index (χ4v) is 5.19. The first-order valence-corrected chi connectivity index (χ1v) is 14.4. The van der Waals surface area contributed by atoms with E-state index in [1.807, 2.05) is 61.5 Å². The predicted octanol–water partition coefficient (Wildman–Crippen LogP) is 5.54. The molecule has 0 saturated carbocycles. The highest BCUT2D eigenvalue weighted by atomic mass is 32.2. The lowest BCUT2D eigenvalue weighted by atomic mass is 9.77. The Morgan fingerprint density at radius 3 is 1.98 bits per heavy atom. The van der Waals surface area contributed by atoms with Crippen LogP contribution in [0.15, 0.2) is 108 Å². The maximum Gasteiger partial charge on any atom is 0.306 e. The Morgan fingerprint density at radius 1 is 0.875 bits per heavy atom. The van der Waals surface area contributed by atoms with Crippen LogP contribution in [0.1, 0.15) is 31.4 Å². The maximum absolute atomic E-state index is 12.3. The molecule has 8 heteroatoms. The van der Waals surface area contributed by atoms with E-state index in [1.165, 1.54) is 17.7 Å². The molecule has 7 nitrogen and oxygen atoms in total. The van der Waals surface area contributed by atoms with Crippen LogP contribution in [0.5, 0.6) is 0 Å². The molecule has 0 heterocycles. The number of hydrogen-bond donors (Lipinski definition) is 1. The number of ether oxygens (including phenoxy) is 1. The molecule has 40 heavy (non-hydrogen) atoms. The summed E-state index contributed by atoms with van der Waals surface area (Å²) in [5.74, 6) is -0.0222. The Labute approximate surface area is 237 Å². The van der Waals surface area contributed by atoms with Gasteiger partial charge < -0.3 is 15.1 Å². The number of rotatable bonds is 9. The lowest BCUT2D eigenvalue weighted by Gasteiger charge is -2.40. The van der Waals surface area contributed by atoms with Gasteiger partial charge in [0.15, 0.2) is 0 Å². The van der Waals surface area contributed by atoms with Crippen LogP contribution in [0.3, 0.4) is 0 Å². The quantitative estimate of drug-likeness (QED) is 0.211. The van der Waals surface area contributed by atoms with Crippen molar-refractivity contribution >= 4 is 26.9 Å². The summed E-state index contributed by atoms with van der Waals surface area (Å²) in [5, 5.41) is 1.74. The van der Waals surface area contributed by atoms with Gasteiger partial charge in [0.25, 0.3) is 10.1 Å². The number of carbonyl (C=O) groups is 1. The van der Waals surface area contributed by atoms with Crippen molar-refractivity contribution in [2.24, 2.45) is 5.92 Å². The number of benzene rings is 4. The van der Waals surface area contributed by atoms with Gasteiger partial charge in [0.1, 0.15) is 5.60 Å². The third-order valence-electron chi connectivity index (χ3n) is 6.61. The van der Waals surface area contributed by atoms with Crippen LogP contribution in [0.2, 0.25) is 0 Å². The summed E-state index contributed by atoms with van der Waals surface area (Å²) in [6.07, 6.45) is 1.04. The van der Waals surface area contributed by atoms with Gasteiger partial charge in [-0.15, -0.1) is 0 Å². The molecule has 4 rings (SSSR count). The van der Waals surface area contributed by atoms with Crippen LogP contribution in [0, 0.1) is 5.92 Å². The molecule has 0 aliphatic heterocycles. The molecule has 0 spiro atoms. The molecule has 0 aliphatic carbocycles. The molecule has 0 radical (unpaired) electrons. The molecule has 0 aromatic heterocycles. The summed E-state index contributed by atoms with van der Waals surface area (Å²) in [7, 11) is 0.00971. The maximum atomic E-state index is 12.3. The molecule has 4 aromatic carbocycles. The third kappa shape index (κ3) is 8.72. The molecule has 0 fully saturated rings. The van der Waals surface area contributed by atoms with E-state index in [0.717, 1.165) is 22.9 Å². The molecule has 0 amide bonds. The minimum Gasteiger partial charge on any atom is -0.453 e. The van der Waals surface area contributed by atoms with E-state index in [0.29, 0.717) is 12.8 Å². The van der Waals surface area contributed by atoms with E-state index >= 15 is 0 Å². The standard InChI is InChI=1S/C22H29NO2.C10H8O3S.H2O/c1-5-21(24)25-22(18(2)17-23(3)4,20-14-10-7-11-15-20)16-19-12-8-6-9-13-19;11-14(12,13)10-6-5-8-3-1-2-4-9(8)7-10;/h6-15,18H,5,16-17H2,1-4H3;1-7H,(H,11,12,13);1H2/t18-,22?;;/m0../s1. The summed E-state index contributed by atoms with van der Waals surface area (Å²) in [6.45, 7) is 4.84. The number of esters is 1. The fourth-order valence-electron chi connectivity index (χ4n) is 4.67. The van der Waals surface area contributed by atoms with Gasteiger partial charge in [-0.1, -0.05) is 105 Å². The summed E-state index contributed by atoms with van der Waals surface area (Å²) in [4.78, 5) is 14.4. The average molecular weight is 566 g/mol. The lowest BCUT2D eigenvalue weighted by Crippen LogP contribution is -2.44. The molecular weight excluding hydrogens is 526 g/mol. The van der Waals surface area contributed by atoms with Gasteiger partial charge in [-0.05, 0) is 48.1 Å². The normalized spacial score (nSPS) is 13.3. The van der Waals surface area contributed by atoms with Crippen molar-refractivity contribution < 1.29 is 28.0 Å². The van der Waals surface area contributed by atoms with E-state index in [4.69, 9.17) is 9.29 Å². The van der Waals surface area contributed by atoms with E-state index in [1.54, 1.807) is 12.1 Å². The number of nitrogens with zero attached hydrogens (tertiary/aromatic N) is 1. The van der Waals surface area contributed by atoms with Gasteiger partial charge in [0.2, 0.25) is 0 Å². The van der Waals surface area contributed by atoms with E-state index in [-0.39, 0.29) is 22.3 Å². The van der Waals surface area contributed by atoms with Crippen molar-refractivity contribution in [2.45, 2.75) is 37.2 Å². The fraction of sp³-hybridized carbons (Fsp3) is 0.281. The zero-order chi connectivity index (χ0) is 28.5. The summed E-state index contributed by atoms with van der Waals surface area (Å²) in [6, 6.07) is 32.3. The van der Waals surface area contributed by atoms with Gasteiger partial charge >= 0.3 is 5.97 Å². The van der Waals surface area contributed by atoms with Gasteiger partial charge in [-0.3, -0.25) is 9.35 Å². The molecular formula is C32H39NO6S. The van der Waals surface area contributed by atoms with Gasteiger partial charge in [-0.2, -0.15) is 8.42 Å². The number of hydrogen-bond acceptors (Lipinski definition) is 5. The lowest BCUT2D eigenvalue weighted by molar-refractivity contribution is -0.168. The first kappa shape index (κ1) is 32.7. The number of fused-ring (bicyclic) bond motifs is 1. The largest absolute Gasteiger partial charge is 0.453 e. The second kappa shape index (κ2) is 14.7. The van der Waals surface area contributed by atoms with Crippen LogP contribution in [0.4, 0.5) is 0 Å². The Morgan fingerprint density at radius 2 is 1.43 bits per heavy atom. The van der Waals surface area contributed by atoms with Crippen LogP contribution in [0.25, 0.3) is 10.8 Å². The highest BCUT2D eigenvalue weighted by molar-refractivity contribution is 7.85. The topological polar surface area (TPSA) is 115 Å². The summed E-state index contributed by atoms with van der Waals surface area (Å²) < 4.78 is 36.7. The zero-order valence-corrected chi connectivity index (χ0v) is 24.3. The van der Waals surface area contributed by atoms with Crippen molar-refractivity contribution in [3.8, 4) is 0 Å². The molecule has 3 N–H and O–H groups in total. The molecule has 0 aliphatic rings. The molecule has 2 atom stereocenters. The van der Waals surface area contributed by atoms with Crippen molar-refractivity contribution in [3.05, 3.63) is 114 Å². The smallest absolute Gasteiger partial charge is 0.306 e. The Hall–Kier alpha value is -3.56. The summed E-state index contributed by atoms with van der Waals surface area (Å²) >= 11 is 0. The highest BCUT2D eigenvalue weighted by Gasteiger charge is 2.42. The number of carbonyl (C=O) groups excluding carboxylic acids is 1. The Kier molecular flexibility index (Phi) is 12.0. The van der Waals surface area contributed by atoms with E-state index in [2.05, 4.69) is 50.2 Å². The molecule has 4 aromatic rings. The highest BCUT2D eigenvalue weighted by Crippen LogP contribution is 2.38. The Bertz CT molecular complexity index is 1460. The first-order chi connectivity index (χ1) is 18.5. The van der Waals surface area contributed by atoms with Crippen molar-refractivity contribution in [1.29, 1.82) is 0 Å². The van der Waals surface area contributed by atoms with Gasteiger partial charge in [-0.25, -0.2) is 0 Å². The average Bonchev–Trinajstić information content (AvgIpc) is 2.92. The van der Waals surface area contributed by atoms with Crippen LogP contribution >= 0.6 is 0 Å². The monoisotopic (exact) mass is 565 g/mol. The van der Waals surface area contributed by atoms with Crippen LogP contribution < -0.4 is 0 Å². The SMILES string of the molecule is CCC(=O)OC(Cc1ccccc1)(c1ccccc1)[C@@H](C)CN(C)C.O.O=S(=O)(O)c1ccc2ccccc2c1. The van der Waals surface area contributed by atoms with Gasteiger partial charge in [0, 0.05) is 25.3 Å². The third-order valence-corrected chi connectivity index (χ3v) is 7.46.